The van der Waals surface area contributed by atoms with Crippen LogP contribution in [0.1, 0.15) is 74.3 Å². The fourth-order valence-corrected chi connectivity index (χ4v) is 4.09. The van der Waals surface area contributed by atoms with Gasteiger partial charge in [0, 0.05) is 17.8 Å². The fourth-order valence-electron chi connectivity index (χ4n) is 4.09. The van der Waals surface area contributed by atoms with E-state index in [2.05, 4.69) is 44.1 Å². The number of unbranched alkanes of at least 4 members (excludes halogenated alkanes) is 2. The topological polar surface area (TPSA) is 56.8 Å². The summed E-state index contributed by atoms with van der Waals surface area (Å²) >= 11 is 0. The summed E-state index contributed by atoms with van der Waals surface area (Å²) in [5, 5.41) is 2.94. The van der Waals surface area contributed by atoms with E-state index in [0.717, 1.165) is 36.8 Å². The summed E-state index contributed by atoms with van der Waals surface area (Å²) in [6.45, 7) is 8.90. The van der Waals surface area contributed by atoms with Gasteiger partial charge in [0.2, 0.25) is 5.82 Å². The van der Waals surface area contributed by atoms with Crippen LogP contribution in [0.4, 0.5) is 13.2 Å². The quantitative estimate of drug-likeness (QED) is 0.260. The molecule has 1 aromatic heterocycles. The number of halogens is 3. The highest BCUT2D eigenvalue weighted by molar-refractivity contribution is 6.04. The predicted molar refractivity (Wildman–Crippen MR) is 124 cm³/mol. The first-order valence-corrected chi connectivity index (χ1v) is 11.5. The largest absolute Gasteiger partial charge is 0.450 e. The third kappa shape index (κ3) is 4.98. The molecule has 1 aliphatic heterocycles. The minimum absolute atomic E-state index is 0.118. The average molecular weight is 458 g/mol. The molecule has 176 valence electrons. The Balaban J connectivity index is 1.89. The molecule has 0 radical (unpaired) electrons. The van der Waals surface area contributed by atoms with Crippen LogP contribution in [0, 0.1) is 0 Å². The molecule has 1 fully saturated rings. The summed E-state index contributed by atoms with van der Waals surface area (Å²) in [4.78, 5) is 16.4. The van der Waals surface area contributed by atoms with Crippen LogP contribution in [-0.2, 0) is 18.0 Å². The highest BCUT2D eigenvalue weighted by atomic mass is 19.4. The van der Waals surface area contributed by atoms with E-state index in [-0.39, 0.29) is 22.8 Å². The summed E-state index contributed by atoms with van der Waals surface area (Å²) < 4.78 is 43.5. The fraction of sp³-hybridized carbons (Fsp3) is 0.462. The minimum Gasteiger partial charge on any atom is -0.304 e. The van der Waals surface area contributed by atoms with Gasteiger partial charge in [-0.2, -0.15) is 13.2 Å². The van der Waals surface area contributed by atoms with Gasteiger partial charge in [-0.05, 0) is 59.7 Å². The number of alkyl halides is 3. The van der Waals surface area contributed by atoms with E-state index >= 15 is 0 Å². The summed E-state index contributed by atoms with van der Waals surface area (Å²) in [6.07, 6.45) is -0.689. The van der Waals surface area contributed by atoms with Gasteiger partial charge >= 0.3 is 6.18 Å². The molecule has 2 heterocycles. The predicted octanol–water partition coefficient (Wildman–Crippen LogP) is 6.23. The van der Waals surface area contributed by atoms with Crippen LogP contribution in [0.15, 0.2) is 36.4 Å². The van der Waals surface area contributed by atoms with Crippen molar-refractivity contribution in [3.63, 3.8) is 0 Å². The number of hydrogen-bond donors (Lipinski definition) is 1. The van der Waals surface area contributed by atoms with Crippen LogP contribution in [0.3, 0.4) is 0 Å². The van der Waals surface area contributed by atoms with Crippen LogP contribution in [0.2, 0.25) is 0 Å². The summed E-state index contributed by atoms with van der Waals surface area (Å²) in [7, 11) is 0. The van der Waals surface area contributed by atoms with Gasteiger partial charge in [0.05, 0.1) is 17.1 Å². The molecule has 3 aromatic rings. The zero-order chi connectivity index (χ0) is 24.0. The van der Waals surface area contributed by atoms with Crippen LogP contribution in [0.25, 0.3) is 16.7 Å². The monoisotopic (exact) mass is 457 g/mol. The molecule has 0 saturated carbocycles. The number of Topliss-reactive ketones (excluding diaryl/α,β-unsaturated/α-hetero) is 1. The lowest BCUT2D eigenvalue weighted by molar-refractivity contribution is -0.145. The summed E-state index contributed by atoms with van der Waals surface area (Å²) in [5.74, 6) is -1.09. The number of aromatic nitrogens is 2. The summed E-state index contributed by atoms with van der Waals surface area (Å²) in [6, 6.07) is 10.2. The van der Waals surface area contributed by atoms with Crippen molar-refractivity contribution in [2.75, 3.05) is 6.54 Å². The molecule has 1 N–H and O–H groups in total. The van der Waals surface area contributed by atoms with E-state index in [1.807, 2.05) is 12.1 Å². The number of rotatable bonds is 7. The number of nitrogens with one attached hydrogen (secondary N) is 1. The molecule has 0 spiro atoms. The molecule has 1 saturated heterocycles. The first-order valence-electron chi connectivity index (χ1n) is 11.5. The molecule has 1 unspecified atom stereocenters. The van der Waals surface area contributed by atoms with Crippen molar-refractivity contribution in [3.8, 4) is 5.69 Å². The molecule has 0 amide bonds. The number of ketones is 1. The maximum Gasteiger partial charge on any atom is 0.450 e. The normalized spacial score (nSPS) is 16.4. The second-order valence-electron chi connectivity index (χ2n) is 9.89. The molecule has 4 rings (SSSR count). The van der Waals surface area contributed by atoms with Crippen molar-refractivity contribution in [1.82, 2.24) is 14.9 Å². The SMILES string of the molecule is CCCCCc1cc(-n2c(C(F)(F)F)nc3cc(C(=O)C4CN4)ccc32)cc(C(C)(C)C)c1. The molecular formula is C26H30F3N3O. The van der Waals surface area contributed by atoms with Gasteiger partial charge in [0.1, 0.15) is 0 Å². The Morgan fingerprint density at radius 3 is 2.45 bits per heavy atom. The van der Waals surface area contributed by atoms with E-state index < -0.39 is 12.0 Å². The number of carbonyl (C=O) groups is 1. The standard InChI is InChI=1S/C26H30F3N3O/c1-5-6-7-8-16-11-18(25(2,3)4)14-19(12-16)32-22-10-9-17(23(33)21-15-30-21)13-20(22)31-24(32)26(27,28)29/h9-14,21,30H,5-8,15H2,1-4H3. The first kappa shape index (κ1) is 23.5. The van der Waals surface area contributed by atoms with Crippen LogP contribution < -0.4 is 5.32 Å². The molecule has 4 nitrogen and oxygen atoms in total. The third-order valence-electron chi connectivity index (χ3n) is 6.09. The Morgan fingerprint density at radius 2 is 1.85 bits per heavy atom. The second kappa shape index (κ2) is 8.60. The number of imidazole rings is 1. The van der Waals surface area contributed by atoms with Gasteiger partial charge in [-0.1, -0.05) is 46.6 Å². The Labute approximate surface area is 192 Å². The van der Waals surface area contributed by atoms with Gasteiger partial charge in [-0.25, -0.2) is 4.98 Å². The van der Waals surface area contributed by atoms with Gasteiger partial charge in [-0.3, -0.25) is 9.36 Å². The Hall–Kier alpha value is -2.67. The third-order valence-corrected chi connectivity index (χ3v) is 6.09. The molecular weight excluding hydrogens is 427 g/mol. The minimum atomic E-state index is -4.64. The van der Waals surface area contributed by atoms with Crippen molar-refractivity contribution >= 4 is 16.8 Å². The van der Waals surface area contributed by atoms with E-state index in [0.29, 0.717) is 23.3 Å². The Bertz CT molecular complexity index is 1180. The number of carbonyl (C=O) groups excluding carboxylic acids is 1. The van der Waals surface area contributed by atoms with Gasteiger partial charge in [0.15, 0.2) is 5.78 Å². The van der Waals surface area contributed by atoms with E-state index in [1.165, 1.54) is 10.6 Å². The van der Waals surface area contributed by atoms with Crippen LogP contribution in [-0.4, -0.2) is 27.9 Å². The first-order chi connectivity index (χ1) is 15.5. The van der Waals surface area contributed by atoms with Crippen molar-refractivity contribution in [2.24, 2.45) is 0 Å². The van der Waals surface area contributed by atoms with Crippen molar-refractivity contribution in [1.29, 1.82) is 0 Å². The lowest BCUT2D eigenvalue weighted by Gasteiger charge is -2.22. The number of fused-ring (bicyclic) bond motifs is 1. The molecule has 1 aliphatic rings. The average Bonchev–Trinajstić information content (AvgIpc) is 3.51. The van der Waals surface area contributed by atoms with Gasteiger partial charge in [0.25, 0.3) is 0 Å². The zero-order valence-electron chi connectivity index (χ0n) is 19.5. The number of benzene rings is 2. The molecule has 0 aliphatic carbocycles. The number of aryl methyl sites for hydroxylation is 1. The Morgan fingerprint density at radius 1 is 1.12 bits per heavy atom. The van der Waals surface area contributed by atoms with Crippen molar-refractivity contribution < 1.29 is 18.0 Å². The summed E-state index contributed by atoms with van der Waals surface area (Å²) in [5.41, 5.74) is 3.11. The molecule has 7 heteroatoms. The second-order valence-corrected chi connectivity index (χ2v) is 9.89. The van der Waals surface area contributed by atoms with E-state index in [4.69, 9.17) is 0 Å². The van der Waals surface area contributed by atoms with Crippen molar-refractivity contribution in [3.05, 3.63) is 58.9 Å². The number of hydrogen-bond acceptors (Lipinski definition) is 3. The highest BCUT2D eigenvalue weighted by Gasteiger charge is 2.39. The Kier molecular flexibility index (Phi) is 6.12. The lowest BCUT2D eigenvalue weighted by atomic mass is 9.85. The molecule has 2 aromatic carbocycles. The molecule has 0 bridgehead atoms. The zero-order valence-corrected chi connectivity index (χ0v) is 19.5. The number of nitrogens with zero attached hydrogens (tertiary/aromatic N) is 2. The van der Waals surface area contributed by atoms with E-state index in [1.54, 1.807) is 12.1 Å². The molecule has 33 heavy (non-hydrogen) atoms. The van der Waals surface area contributed by atoms with Gasteiger partial charge < -0.3 is 5.32 Å². The smallest absolute Gasteiger partial charge is 0.304 e. The van der Waals surface area contributed by atoms with Crippen LogP contribution in [0.5, 0.6) is 0 Å². The van der Waals surface area contributed by atoms with Crippen LogP contribution >= 0.6 is 0 Å². The molecule has 1 atom stereocenters. The van der Waals surface area contributed by atoms with Gasteiger partial charge in [-0.15, -0.1) is 0 Å². The lowest BCUT2D eigenvalue weighted by Crippen LogP contribution is -2.16. The maximum atomic E-state index is 14.1. The van der Waals surface area contributed by atoms with Crippen molar-refractivity contribution in [2.45, 2.75) is 71.0 Å². The van der Waals surface area contributed by atoms with E-state index in [9.17, 15) is 18.0 Å². The maximum absolute atomic E-state index is 14.1. The highest BCUT2D eigenvalue weighted by Crippen LogP contribution is 2.36.